The van der Waals surface area contributed by atoms with Crippen molar-refractivity contribution in [1.29, 1.82) is 0 Å². The normalized spacial score (nSPS) is 26.2. The zero-order valence-corrected chi connectivity index (χ0v) is 9.29. The Morgan fingerprint density at radius 3 is 3.07 bits per heavy atom. The van der Waals surface area contributed by atoms with E-state index in [0.29, 0.717) is 0 Å². The number of nitrogens with one attached hydrogen (secondary N) is 1. The van der Waals surface area contributed by atoms with Gasteiger partial charge in [0.15, 0.2) is 0 Å². The van der Waals surface area contributed by atoms with Gasteiger partial charge in [-0.1, -0.05) is 15.9 Å². The molecule has 1 aliphatic heterocycles. The highest BCUT2D eigenvalue weighted by Gasteiger charge is 2.22. The van der Waals surface area contributed by atoms with Crippen molar-refractivity contribution < 1.29 is 5.11 Å². The van der Waals surface area contributed by atoms with Crippen molar-refractivity contribution in [3.63, 3.8) is 0 Å². The fourth-order valence-electron chi connectivity index (χ4n) is 1.70. The molecule has 0 bridgehead atoms. The van der Waals surface area contributed by atoms with Gasteiger partial charge in [-0.25, -0.2) is 0 Å². The predicted octanol–water partition coefficient (Wildman–Crippen LogP) is 1.63. The molecule has 0 aliphatic carbocycles. The Morgan fingerprint density at radius 1 is 1.50 bits per heavy atom. The molecule has 0 saturated heterocycles. The van der Waals surface area contributed by atoms with Crippen LogP contribution in [0.4, 0.5) is 5.69 Å². The van der Waals surface area contributed by atoms with Crippen LogP contribution >= 0.6 is 15.9 Å². The third kappa shape index (κ3) is 1.78. The van der Waals surface area contributed by atoms with Crippen molar-refractivity contribution in [3.8, 4) is 0 Å². The molecule has 1 heterocycles. The summed E-state index contributed by atoms with van der Waals surface area (Å²) < 4.78 is 0.964. The molecule has 4 heteroatoms. The Bertz CT molecular complexity index is 343. The molecule has 0 aromatic heterocycles. The number of hydrogen-bond acceptors (Lipinski definition) is 3. The molecule has 0 radical (unpaired) electrons. The first-order chi connectivity index (χ1) is 6.68. The van der Waals surface area contributed by atoms with Crippen molar-refractivity contribution in [2.24, 2.45) is 5.73 Å². The molecule has 14 heavy (non-hydrogen) atoms. The minimum absolute atomic E-state index is 0.182. The van der Waals surface area contributed by atoms with Crippen molar-refractivity contribution in [1.82, 2.24) is 0 Å². The monoisotopic (exact) mass is 256 g/mol. The van der Waals surface area contributed by atoms with Gasteiger partial charge in [0.25, 0.3) is 0 Å². The lowest BCUT2D eigenvalue weighted by Crippen LogP contribution is -2.28. The number of anilines is 1. The quantitative estimate of drug-likeness (QED) is 0.662. The van der Waals surface area contributed by atoms with Gasteiger partial charge >= 0.3 is 0 Å². The Labute approximate surface area is 91.4 Å². The van der Waals surface area contributed by atoms with Crippen LogP contribution in [-0.2, 0) is 0 Å². The van der Waals surface area contributed by atoms with Crippen LogP contribution in [0.5, 0.6) is 0 Å². The van der Waals surface area contributed by atoms with E-state index in [1.54, 1.807) is 0 Å². The maximum Gasteiger partial charge on any atom is 0.0961 e. The minimum atomic E-state index is -0.572. The molecule has 1 aromatic carbocycles. The van der Waals surface area contributed by atoms with Crippen LogP contribution in [0, 0.1) is 0 Å². The standard InChI is InChI=1S/C10H13BrN2O/c11-6-1-2-9-7(5-6)10(14)8(12)3-4-13-9/h1-2,5,8,10,13-14H,3-4,12H2. The smallest absolute Gasteiger partial charge is 0.0961 e. The van der Waals surface area contributed by atoms with Gasteiger partial charge in [-0.2, -0.15) is 0 Å². The molecule has 2 atom stereocenters. The lowest BCUT2D eigenvalue weighted by atomic mass is 10.0. The molecule has 1 aromatic rings. The maximum atomic E-state index is 9.95. The molecular weight excluding hydrogens is 244 g/mol. The second-order valence-corrected chi connectivity index (χ2v) is 4.47. The molecule has 1 aliphatic rings. The van der Waals surface area contributed by atoms with Crippen molar-refractivity contribution in [3.05, 3.63) is 28.2 Å². The molecule has 0 amide bonds. The molecule has 2 unspecified atom stereocenters. The second kappa shape index (κ2) is 3.88. The van der Waals surface area contributed by atoms with Crippen LogP contribution < -0.4 is 11.1 Å². The van der Waals surface area contributed by atoms with E-state index in [9.17, 15) is 5.11 Å². The summed E-state index contributed by atoms with van der Waals surface area (Å²) in [5, 5.41) is 13.2. The molecule has 76 valence electrons. The van der Waals surface area contributed by atoms with E-state index in [4.69, 9.17) is 5.73 Å². The Hall–Kier alpha value is -0.580. The average Bonchev–Trinajstić information content (AvgIpc) is 2.30. The summed E-state index contributed by atoms with van der Waals surface area (Å²) in [7, 11) is 0. The van der Waals surface area contributed by atoms with Crippen molar-refractivity contribution in [2.45, 2.75) is 18.6 Å². The van der Waals surface area contributed by atoms with Crippen LogP contribution in [0.3, 0.4) is 0 Å². The van der Waals surface area contributed by atoms with Gasteiger partial charge < -0.3 is 16.2 Å². The lowest BCUT2D eigenvalue weighted by Gasteiger charge is -2.16. The molecule has 0 saturated carbocycles. The number of rotatable bonds is 0. The fraction of sp³-hybridized carbons (Fsp3) is 0.400. The summed E-state index contributed by atoms with van der Waals surface area (Å²) in [6.07, 6.45) is 0.213. The average molecular weight is 257 g/mol. The fourth-order valence-corrected chi connectivity index (χ4v) is 2.08. The molecule has 3 nitrogen and oxygen atoms in total. The van der Waals surface area contributed by atoms with E-state index in [1.165, 1.54) is 0 Å². The maximum absolute atomic E-state index is 9.95. The van der Waals surface area contributed by atoms with E-state index in [2.05, 4.69) is 21.2 Å². The van der Waals surface area contributed by atoms with Gasteiger partial charge in [-0.05, 0) is 24.6 Å². The third-order valence-corrected chi connectivity index (χ3v) is 3.02. The number of aliphatic hydroxyl groups excluding tert-OH is 1. The first kappa shape index (κ1) is 9.96. The number of halogens is 1. The van der Waals surface area contributed by atoms with E-state index < -0.39 is 6.10 Å². The summed E-state index contributed by atoms with van der Waals surface area (Å²) in [6, 6.07) is 5.65. The Balaban J connectivity index is 2.44. The number of benzene rings is 1. The molecule has 4 N–H and O–H groups in total. The van der Waals surface area contributed by atoms with Crippen molar-refractivity contribution in [2.75, 3.05) is 11.9 Å². The SMILES string of the molecule is NC1CCNc2ccc(Br)cc2C1O. The number of fused-ring (bicyclic) bond motifs is 1. The zero-order valence-electron chi connectivity index (χ0n) is 7.70. The van der Waals surface area contributed by atoms with E-state index in [0.717, 1.165) is 28.7 Å². The van der Waals surface area contributed by atoms with Gasteiger partial charge in [0.2, 0.25) is 0 Å². The molecule has 2 rings (SSSR count). The number of aliphatic hydroxyl groups is 1. The van der Waals surface area contributed by atoms with E-state index >= 15 is 0 Å². The first-order valence-corrected chi connectivity index (χ1v) is 5.45. The van der Waals surface area contributed by atoms with Crippen molar-refractivity contribution >= 4 is 21.6 Å². The summed E-state index contributed by atoms with van der Waals surface area (Å²) in [4.78, 5) is 0. The van der Waals surface area contributed by atoms with Crippen LogP contribution in [0.15, 0.2) is 22.7 Å². The van der Waals surface area contributed by atoms with Gasteiger partial charge in [-0.3, -0.25) is 0 Å². The van der Waals surface area contributed by atoms with E-state index in [1.807, 2.05) is 18.2 Å². The summed E-state index contributed by atoms with van der Waals surface area (Å²) in [5.41, 5.74) is 7.70. The summed E-state index contributed by atoms with van der Waals surface area (Å²) in [6.45, 7) is 0.812. The third-order valence-electron chi connectivity index (χ3n) is 2.53. The second-order valence-electron chi connectivity index (χ2n) is 3.56. The van der Waals surface area contributed by atoms with E-state index in [-0.39, 0.29) is 6.04 Å². The number of nitrogens with two attached hydrogens (primary N) is 1. The Morgan fingerprint density at radius 2 is 2.29 bits per heavy atom. The summed E-state index contributed by atoms with van der Waals surface area (Å²) >= 11 is 3.38. The summed E-state index contributed by atoms with van der Waals surface area (Å²) in [5.74, 6) is 0. The minimum Gasteiger partial charge on any atom is -0.387 e. The van der Waals surface area contributed by atoms with Gasteiger partial charge in [0.05, 0.1) is 6.10 Å². The van der Waals surface area contributed by atoms with Gasteiger partial charge in [-0.15, -0.1) is 0 Å². The number of hydrogen-bond donors (Lipinski definition) is 3. The highest BCUT2D eigenvalue weighted by molar-refractivity contribution is 9.10. The topological polar surface area (TPSA) is 58.3 Å². The zero-order chi connectivity index (χ0) is 10.1. The van der Waals surface area contributed by atoms with Crippen LogP contribution in [0.2, 0.25) is 0 Å². The predicted molar refractivity (Wildman–Crippen MR) is 60.2 cm³/mol. The molecular formula is C10H13BrN2O. The largest absolute Gasteiger partial charge is 0.387 e. The highest BCUT2D eigenvalue weighted by Crippen LogP contribution is 2.30. The van der Waals surface area contributed by atoms with Crippen LogP contribution in [-0.4, -0.2) is 17.7 Å². The van der Waals surface area contributed by atoms with Gasteiger partial charge in [0, 0.05) is 28.3 Å². The molecule has 0 fully saturated rings. The van der Waals surface area contributed by atoms with Gasteiger partial charge in [0.1, 0.15) is 0 Å². The van der Waals surface area contributed by atoms with Crippen LogP contribution in [0.25, 0.3) is 0 Å². The molecule has 0 spiro atoms. The Kier molecular flexibility index (Phi) is 2.76. The van der Waals surface area contributed by atoms with Crippen LogP contribution in [0.1, 0.15) is 18.1 Å². The highest BCUT2D eigenvalue weighted by atomic mass is 79.9. The lowest BCUT2D eigenvalue weighted by molar-refractivity contribution is 0.146. The first-order valence-electron chi connectivity index (χ1n) is 4.65.